The van der Waals surface area contributed by atoms with Crippen LogP contribution in [0.4, 0.5) is 4.79 Å². The predicted octanol–water partition coefficient (Wildman–Crippen LogP) is 4.71. The molecule has 6 heteroatoms. The number of alkyl carbamates (subject to hydrolysis) is 1. The lowest BCUT2D eigenvalue weighted by atomic mass is 9.85. The first-order valence-corrected chi connectivity index (χ1v) is 10.2. The maximum absolute atomic E-state index is 11.0. The molecule has 1 amide bonds. The molecule has 1 aromatic rings. The lowest BCUT2D eigenvalue weighted by Gasteiger charge is -2.27. The van der Waals surface area contributed by atoms with Gasteiger partial charge in [0.25, 0.3) is 0 Å². The van der Waals surface area contributed by atoms with Gasteiger partial charge in [-0.1, -0.05) is 56.4 Å². The molecule has 0 spiro atoms. The molecule has 1 aromatic heterocycles. The van der Waals surface area contributed by atoms with E-state index in [1.807, 2.05) is 37.5 Å². The molecule has 1 atom stereocenters. The molecule has 0 aliphatic heterocycles. The minimum atomic E-state index is -0.556. The third-order valence-corrected chi connectivity index (χ3v) is 5.58. The Kier molecular flexibility index (Phi) is 10.5. The number of aliphatic hydroxyl groups excluding tert-OH is 1. The van der Waals surface area contributed by atoms with Crippen molar-refractivity contribution in [1.82, 2.24) is 10.3 Å². The van der Waals surface area contributed by atoms with Crippen LogP contribution in [0.2, 0.25) is 0 Å². The highest BCUT2D eigenvalue weighted by atomic mass is 32.1. The normalized spacial score (nSPS) is 13.0. The first-order valence-electron chi connectivity index (χ1n) is 9.36. The molecule has 2 N–H and O–H groups in total. The summed E-state index contributed by atoms with van der Waals surface area (Å²) in [5.74, 6) is 0. The Balaban J connectivity index is 2.52. The van der Waals surface area contributed by atoms with Gasteiger partial charge in [-0.05, 0) is 19.3 Å². The molecule has 0 aliphatic carbocycles. The number of hydrogen-bond acceptors (Lipinski definition) is 5. The van der Waals surface area contributed by atoms with Gasteiger partial charge in [0.2, 0.25) is 0 Å². The van der Waals surface area contributed by atoms with E-state index in [0.717, 1.165) is 29.1 Å². The number of rotatable bonds is 12. The van der Waals surface area contributed by atoms with E-state index in [4.69, 9.17) is 4.98 Å². The number of aromatic nitrogens is 1. The van der Waals surface area contributed by atoms with Crippen molar-refractivity contribution >= 4 is 17.4 Å². The van der Waals surface area contributed by atoms with Crippen molar-refractivity contribution in [3.8, 4) is 0 Å². The van der Waals surface area contributed by atoms with Crippen LogP contribution in [0.5, 0.6) is 0 Å². The number of carbonyl (C=O) groups excluding carboxylic acids is 1. The molecule has 0 radical (unpaired) electrons. The standard InChI is InChI=1S/C22H32N2O3S/c1-6-7-8-9-12-18-16-28-20(24-18)22(3,4)19(25)13-10-11-17(2)14-15-23-21(26)27-5/h6,8-11,16,19,25H,1-2,7,12-15H2,3-5H3,(H,23,26)/b9-8-,11-10-/t19-/m1/s1. The number of methoxy groups -OCH3 is 1. The van der Waals surface area contributed by atoms with E-state index in [-0.39, 0.29) is 0 Å². The molecule has 0 aliphatic rings. The van der Waals surface area contributed by atoms with Gasteiger partial charge in [-0.25, -0.2) is 9.78 Å². The van der Waals surface area contributed by atoms with Gasteiger partial charge in [-0.3, -0.25) is 0 Å². The zero-order valence-corrected chi connectivity index (χ0v) is 17.9. The maximum Gasteiger partial charge on any atom is 0.406 e. The minimum Gasteiger partial charge on any atom is -0.453 e. The summed E-state index contributed by atoms with van der Waals surface area (Å²) in [4.78, 5) is 15.7. The lowest BCUT2D eigenvalue weighted by Crippen LogP contribution is -2.33. The maximum atomic E-state index is 11.0. The third-order valence-electron chi connectivity index (χ3n) is 4.35. The van der Waals surface area contributed by atoms with E-state index in [2.05, 4.69) is 35.4 Å². The van der Waals surface area contributed by atoms with Gasteiger partial charge < -0.3 is 15.2 Å². The largest absolute Gasteiger partial charge is 0.453 e. The fraction of sp³-hybridized carbons (Fsp3) is 0.455. The first kappa shape index (κ1) is 23.9. The highest BCUT2D eigenvalue weighted by Gasteiger charge is 2.32. The van der Waals surface area contributed by atoms with Gasteiger partial charge in [0.15, 0.2) is 0 Å². The molecule has 0 fully saturated rings. The van der Waals surface area contributed by atoms with Crippen LogP contribution < -0.4 is 5.32 Å². The van der Waals surface area contributed by atoms with Gasteiger partial charge in [0.05, 0.1) is 18.9 Å². The molecule has 0 aromatic carbocycles. The second-order valence-corrected chi connectivity index (χ2v) is 7.90. The summed E-state index contributed by atoms with van der Waals surface area (Å²) in [7, 11) is 1.33. The van der Waals surface area contributed by atoms with Crippen molar-refractivity contribution in [2.24, 2.45) is 0 Å². The number of nitrogens with zero attached hydrogens (tertiary/aromatic N) is 1. The zero-order chi connectivity index (χ0) is 21.0. The van der Waals surface area contributed by atoms with Crippen molar-refractivity contribution in [1.29, 1.82) is 0 Å². The number of hydrogen-bond donors (Lipinski definition) is 2. The number of carbonyl (C=O) groups is 1. The highest BCUT2D eigenvalue weighted by molar-refractivity contribution is 7.09. The Hall–Kier alpha value is -2.18. The van der Waals surface area contributed by atoms with E-state index in [9.17, 15) is 9.90 Å². The van der Waals surface area contributed by atoms with Gasteiger partial charge >= 0.3 is 6.09 Å². The minimum absolute atomic E-state index is 0.439. The van der Waals surface area contributed by atoms with Crippen molar-refractivity contribution in [2.45, 2.75) is 51.0 Å². The Morgan fingerprint density at radius 2 is 2.18 bits per heavy atom. The number of nitrogens with one attached hydrogen (secondary N) is 1. The molecular formula is C22H32N2O3S. The topological polar surface area (TPSA) is 71.5 Å². The van der Waals surface area contributed by atoms with Gasteiger partial charge in [-0.15, -0.1) is 17.9 Å². The van der Waals surface area contributed by atoms with Crippen LogP contribution in [0.1, 0.15) is 43.8 Å². The average molecular weight is 405 g/mol. The van der Waals surface area contributed by atoms with Crippen LogP contribution in [0.15, 0.2) is 54.5 Å². The summed E-state index contributed by atoms with van der Waals surface area (Å²) < 4.78 is 4.51. The average Bonchev–Trinajstić information content (AvgIpc) is 3.14. The van der Waals surface area contributed by atoms with Crippen LogP contribution in [0.25, 0.3) is 0 Å². The van der Waals surface area contributed by atoms with Gasteiger partial charge in [-0.2, -0.15) is 0 Å². The summed E-state index contributed by atoms with van der Waals surface area (Å²) in [5.41, 5.74) is 1.46. The molecule has 0 saturated carbocycles. The Morgan fingerprint density at radius 1 is 1.43 bits per heavy atom. The van der Waals surface area contributed by atoms with E-state index in [1.54, 1.807) is 11.3 Å². The molecule has 28 heavy (non-hydrogen) atoms. The molecule has 1 heterocycles. The molecule has 0 saturated heterocycles. The summed E-state index contributed by atoms with van der Waals surface area (Å²) in [5, 5.41) is 16.3. The predicted molar refractivity (Wildman–Crippen MR) is 117 cm³/mol. The molecule has 1 rings (SSSR count). The lowest BCUT2D eigenvalue weighted by molar-refractivity contribution is 0.102. The third kappa shape index (κ3) is 8.23. The Morgan fingerprint density at radius 3 is 2.86 bits per heavy atom. The van der Waals surface area contributed by atoms with Crippen LogP contribution in [0, 0.1) is 0 Å². The Labute approximate surface area is 172 Å². The second kappa shape index (κ2) is 12.3. The van der Waals surface area contributed by atoms with Crippen molar-refractivity contribution in [3.63, 3.8) is 0 Å². The number of ether oxygens (including phenoxy) is 1. The first-order chi connectivity index (χ1) is 13.3. The van der Waals surface area contributed by atoms with Gasteiger partial charge in [0.1, 0.15) is 5.01 Å². The monoisotopic (exact) mass is 404 g/mol. The quantitative estimate of drug-likeness (QED) is 0.391. The highest BCUT2D eigenvalue weighted by Crippen LogP contribution is 2.31. The number of amides is 1. The van der Waals surface area contributed by atoms with E-state index in [0.29, 0.717) is 19.4 Å². The molecule has 154 valence electrons. The Bertz CT molecular complexity index is 704. The fourth-order valence-electron chi connectivity index (χ4n) is 2.37. The second-order valence-electron chi connectivity index (χ2n) is 7.05. The van der Waals surface area contributed by atoms with E-state index < -0.39 is 17.6 Å². The summed E-state index contributed by atoms with van der Waals surface area (Å²) >= 11 is 1.59. The summed E-state index contributed by atoms with van der Waals surface area (Å²) in [6.07, 6.45) is 11.6. The number of aliphatic hydroxyl groups is 1. The smallest absolute Gasteiger partial charge is 0.406 e. The van der Waals surface area contributed by atoms with Crippen molar-refractivity contribution < 1.29 is 14.6 Å². The fourth-order valence-corrected chi connectivity index (χ4v) is 3.38. The van der Waals surface area contributed by atoms with Crippen molar-refractivity contribution in [3.05, 3.63) is 65.2 Å². The van der Waals surface area contributed by atoms with Crippen LogP contribution in [-0.4, -0.2) is 35.9 Å². The van der Waals surface area contributed by atoms with E-state index in [1.165, 1.54) is 7.11 Å². The van der Waals surface area contributed by atoms with Crippen LogP contribution >= 0.6 is 11.3 Å². The molecular weight excluding hydrogens is 372 g/mol. The van der Waals surface area contributed by atoms with Crippen molar-refractivity contribution in [2.75, 3.05) is 13.7 Å². The number of thiazole rings is 1. The van der Waals surface area contributed by atoms with Crippen LogP contribution in [0.3, 0.4) is 0 Å². The molecule has 5 nitrogen and oxygen atoms in total. The summed E-state index contributed by atoms with van der Waals surface area (Å²) in [6.45, 7) is 12.1. The van der Waals surface area contributed by atoms with E-state index >= 15 is 0 Å². The zero-order valence-electron chi connectivity index (χ0n) is 17.1. The molecule has 0 bridgehead atoms. The van der Waals surface area contributed by atoms with Crippen LogP contribution in [-0.2, 0) is 16.6 Å². The number of allylic oxidation sites excluding steroid dienone is 4. The summed E-state index contributed by atoms with van der Waals surface area (Å²) in [6, 6.07) is 0. The SMILES string of the molecule is C=CC/C=C\Cc1csc(C(C)(C)[C@H](O)C/C=C\C(=C)CCNC(=O)OC)n1. The van der Waals surface area contributed by atoms with Gasteiger partial charge in [0, 0.05) is 23.8 Å². The molecule has 0 unspecified atom stereocenters.